The fraction of sp³-hybridized carbons (Fsp3) is 0.333. The van der Waals surface area contributed by atoms with E-state index < -0.39 is 0 Å². The molecule has 110 valence electrons. The molecule has 0 aliphatic carbocycles. The average molecular weight is 302 g/mol. The summed E-state index contributed by atoms with van der Waals surface area (Å²) in [5.74, 6) is 0. The Hall–Kier alpha value is -1.35. The van der Waals surface area contributed by atoms with Gasteiger partial charge in [-0.1, -0.05) is 48.9 Å². The van der Waals surface area contributed by atoms with Crippen molar-refractivity contribution in [2.24, 2.45) is 0 Å². The lowest BCUT2D eigenvalue weighted by Gasteiger charge is -2.20. The van der Waals surface area contributed by atoms with Gasteiger partial charge in [-0.15, -0.1) is 0 Å². The number of aryl methyl sites for hydroxylation is 1. The number of halogens is 1. The van der Waals surface area contributed by atoms with Crippen LogP contribution < -0.4 is 5.32 Å². The summed E-state index contributed by atoms with van der Waals surface area (Å²) >= 11 is 6.29. The van der Waals surface area contributed by atoms with Crippen LogP contribution in [-0.4, -0.2) is 6.54 Å². The molecule has 2 aromatic rings. The van der Waals surface area contributed by atoms with Crippen molar-refractivity contribution in [3.63, 3.8) is 0 Å². The molecule has 1 atom stereocenters. The zero-order valence-electron chi connectivity index (χ0n) is 12.4. The van der Waals surface area contributed by atoms with Crippen LogP contribution in [0.4, 0.5) is 0 Å². The molecule has 21 heavy (non-hydrogen) atoms. The molecule has 0 aromatic heterocycles. The number of benzene rings is 2. The zero-order chi connectivity index (χ0) is 14.8. The van der Waals surface area contributed by atoms with Gasteiger partial charge in [0.05, 0.1) is 19.3 Å². The van der Waals surface area contributed by atoms with Crippen molar-refractivity contribution in [2.45, 2.75) is 33.1 Å². The Bertz CT molecular complexity index is 654. The van der Waals surface area contributed by atoms with E-state index in [0.29, 0.717) is 0 Å². The van der Waals surface area contributed by atoms with Crippen molar-refractivity contribution in [3.05, 3.63) is 69.2 Å². The summed E-state index contributed by atoms with van der Waals surface area (Å²) in [7, 11) is 0. The van der Waals surface area contributed by atoms with E-state index >= 15 is 0 Å². The molecule has 2 aromatic carbocycles. The Morgan fingerprint density at radius 1 is 1.10 bits per heavy atom. The van der Waals surface area contributed by atoms with E-state index in [4.69, 9.17) is 16.3 Å². The normalized spacial score (nSPS) is 15.0. The molecule has 0 amide bonds. The predicted octanol–water partition coefficient (Wildman–Crippen LogP) is 4.38. The first-order valence-corrected chi connectivity index (χ1v) is 7.75. The van der Waals surface area contributed by atoms with Crippen molar-refractivity contribution in [1.82, 2.24) is 5.32 Å². The van der Waals surface area contributed by atoms with Gasteiger partial charge in [0, 0.05) is 5.02 Å². The third kappa shape index (κ3) is 2.98. The fourth-order valence-electron chi connectivity index (χ4n) is 2.79. The van der Waals surface area contributed by atoms with Crippen LogP contribution in [0, 0.1) is 6.92 Å². The average Bonchev–Trinajstić information content (AvgIpc) is 2.95. The van der Waals surface area contributed by atoms with E-state index in [-0.39, 0.29) is 6.04 Å². The molecule has 1 aliphatic rings. The highest BCUT2D eigenvalue weighted by Crippen LogP contribution is 2.29. The van der Waals surface area contributed by atoms with Crippen LogP contribution in [0.15, 0.2) is 36.4 Å². The molecule has 0 radical (unpaired) electrons. The van der Waals surface area contributed by atoms with Crippen LogP contribution in [0.1, 0.15) is 40.8 Å². The predicted molar refractivity (Wildman–Crippen MR) is 86.6 cm³/mol. The van der Waals surface area contributed by atoms with Crippen molar-refractivity contribution >= 4 is 11.6 Å². The minimum atomic E-state index is 0.166. The van der Waals surface area contributed by atoms with Gasteiger partial charge in [0.15, 0.2) is 0 Å². The van der Waals surface area contributed by atoms with Crippen LogP contribution in [0.2, 0.25) is 5.02 Å². The summed E-state index contributed by atoms with van der Waals surface area (Å²) in [4.78, 5) is 0. The summed E-state index contributed by atoms with van der Waals surface area (Å²) in [6, 6.07) is 13.1. The molecule has 2 nitrogen and oxygen atoms in total. The molecule has 1 heterocycles. The summed E-state index contributed by atoms with van der Waals surface area (Å²) in [5.41, 5.74) is 6.18. The summed E-state index contributed by atoms with van der Waals surface area (Å²) < 4.78 is 5.51. The molecule has 1 unspecified atom stereocenters. The van der Waals surface area contributed by atoms with Gasteiger partial charge in [-0.25, -0.2) is 0 Å². The lowest BCUT2D eigenvalue weighted by atomic mass is 9.95. The highest BCUT2D eigenvalue weighted by molar-refractivity contribution is 6.31. The molecule has 0 bridgehead atoms. The Morgan fingerprint density at radius 2 is 1.81 bits per heavy atom. The first kappa shape index (κ1) is 14.6. The second-order valence-electron chi connectivity index (χ2n) is 5.52. The molecular formula is C18H20ClNO. The van der Waals surface area contributed by atoms with Crippen molar-refractivity contribution < 1.29 is 4.74 Å². The summed E-state index contributed by atoms with van der Waals surface area (Å²) in [5, 5.41) is 4.37. The first-order chi connectivity index (χ1) is 10.2. The van der Waals surface area contributed by atoms with E-state index in [1.165, 1.54) is 22.3 Å². The highest BCUT2D eigenvalue weighted by Gasteiger charge is 2.17. The van der Waals surface area contributed by atoms with Crippen LogP contribution in [0.5, 0.6) is 0 Å². The summed E-state index contributed by atoms with van der Waals surface area (Å²) in [6.45, 7) is 6.51. The molecule has 1 aliphatic heterocycles. The minimum absolute atomic E-state index is 0.166. The Morgan fingerprint density at radius 3 is 2.57 bits per heavy atom. The summed E-state index contributed by atoms with van der Waals surface area (Å²) in [6.07, 6.45) is 0. The van der Waals surface area contributed by atoms with Gasteiger partial charge in [0.2, 0.25) is 0 Å². The zero-order valence-corrected chi connectivity index (χ0v) is 13.2. The molecule has 0 spiro atoms. The van der Waals surface area contributed by atoms with Gasteiger partial charge in [0.25, 0.3) is 0 Å². The highest BCUT2D eigenvalue weighted by atomic mass is 35.5. The maximum absolute atomic E-state index is 6.29. The third-order valence-electron chi connectivity index (χ3n) is 4.02. The molecule has 3 heteroatoms. The van der Waals surface area contributed by atoms with Crippen LogP contribution in [0.3, 0.4) is 0 Å². The minimum Gasteiger partial charge on any atom is -0.372 e. The maximum atomic E-state index is 6.29. The number of ether oxygens (including phenoxy) is 1. The van der Waals surface area contributed by atoms with E-state index in [1.807, 2.05) is 6.92 Å². The second kappa shape index (κ2) is 6.18. The van der Waals surface area contributed by atoms with Gasteiger partial charge in [-0.2, -0.15) is 0 Å². The van der Waals surface area contributed by atoms with Gasteiger partial charge in [-0.3, -0.25) is 0 Å². The lowest BCUT2D eigenvalue weighted by molar-refractivity contribution is 0.134. The van der Waals surface area contributed by atoms with Gasteiger partial charge in [0.1, 0.15) is 0 Å². The quantitative estimate of drug-likeness (QED) is 0.905. The molecule has 0 fully saturated rings. The lowest BCUT2D eigenvalue weighted by Crippen LogP contribution is -2.22. The van der Waals surface area contributed by atoms with Gasteiger partial charge < -0.3 is 10.1 Å². The van der Waals surface area contributed by atoms with Crippen LogP contribution >= 0.6 is 11.6 Å². The number of hydrogen-bond acceptors (Lipinski definition) is 2. The van der Waals surface area contributed by atoms with Gasteiger partial charge >= 0.3 is 0 Å². The Kier molecular flexibility index (Phi) is 4.29. The standard InChI is InChI=1S/C18H20ClNO/c1-3-20-18(14-5-4-12(2)17(19)9-14)13-6-7-15-10-21-11-16(15)8-13/h4-9,18,20H,3,10-11H2,1-2H3. The van der Waals surface area contributed by atoms with Crippen molar-refractivity contribution in [1.29, 1.82) is 0 Å². The number of rotatable bonds is 4. The maximum Gasteiger partial charge on any atom is 0.0725 e. The van der Waals surface area contributed by atoms with E-state index in [9.17, 15) is 0 Å². The topological polar surface area (TPSA) is 21.3 Å². The van der Waals surface area contributed by atoms with Crippen LogP contribution in [0.25, 0.3) is 0 Å². The number of fused-ring (bicyclic) bond motifs is 1. The SMILES string of the molecule is CCNC(c1ccc(C)c(Cl)c1)c1ccc2c(c1)COC2. The second-order valence-corrected chi connectivity index (χ2v) is 5.93. The van der Waals surface area contributed by atoms with E-state index in [2.05, 4.69) is 48.6 Å². The molecule has 0 saturated carbocycles. The monoisotopic (exact) mass is 301 g/mol. The Labute approximate surface area is 131 Å². The fourth-order valence-corrected chi connectivity index (χ4v) is 2.98. The van der Waals surface area contributed by atoms with Crippen molar-refractivity contribution in [3.8, 4) is 0 Å². The number of hydrogen-bond donors (Lipinski definition) is 1. The molecule has 1 N–H and O–H groups in total. The molecular weight excluding hydrogens is 282 g/mol. The van der Waals surface area contributed by atoms with Crippen LogP contribution in [-0.2, 0) is 18.0 Å². The molecule has 3 rings (SSSR count). The van der Waals surface area contributed by atoms with E-state index in [1.54, 1.807) is 0 Å². The third-order valence-corrected chi connectivity index (χ3v) is 4.42. The largest absolute Gasteiger partial charge is 0.372 e. The Balaban J connectivity index is 1.99. The first-order valence-electron chi connectivity index (χ1n) is 7.38. The number of nitrogens with one attached hydrogen (secondary N) is 1. The van der Waals surface area contributed by atoms with Crippen molar-refractivity contribution in [2.75, 3.05) is 6.54 Å². The van der Waals surface area contributed by atoms with E-state index in [0.717, 1.165) is 30.3 Å². The van der Waals surface area contributed by atoms with Gasteiger partial charge in [-0.05, 0) is 47.4 Å². The smallest absolute Gasteiger partial charge is 0.0725 e. The molecule has 0 saturated heterocycles.